The third kappa shape index (κ3) is 3.04. The molecule has 0 saturated carbocycles. The summed E-state index contributed by atoms with van der Waals surface area (Å²) in [5.74, 6) is 6.07. The van der Waals surface area contributed by atoms with Crippen molar-refractivity contribution in [3.8, 4) is 0 Å². The SMILES string of the molecule is CSc1ccc(Nc2nc(NN)ncc2Cl)cc1. The molecule has 2 rings (SSSR count). The Morgan fingerprint density at radius 1 is 1.28 bits per heavy atom. The molecule has 1 aromatic carbocycles. The highest BCUT2D eigenvalue weighted by Gasteiger charge is 2.05. The minimum atomic E-state index is 0.308. The first kappa shape index (κ1) is 12.9. The molecule has 0 amide bonds. The number of aromatic nitrogens is 2. The third-order valence-electron chi connectivity index (χ3n) is 2.23. The number of rotatable bonds is 4. The van der Waals surface area contributed by atoms with Gasteiger partial charge in [-0.15, -0.1) is 11.8 Å². The number of nitrogens with two attached hydrogens (primary N) is 1. The number of nitrogen functional groups attached to an aromatic ring is 1. The van der Waals surface area contributed by atoms with Gasteiger partial charge in [-0.05, 0) is 30.5 Å². The molecule has 2 aromatic rings. The number of anilines is 3. The molecule has 94 valence electrons. The zero-order chi connectivity index (χ0) is 13.0. The Morgan fingerprint density at radius 2 is 2.00 bits per heavy atom. The van der Waals surface area contributed by atoms with Gasteiger partial charge in [-0.2, -0.15) is 4.98 Å². The highest BCUT2D eigenvalue weighted by atomic mass is 35.5. The first-order chi connectivity index (χ1) is 8.72. The second kappa shape index (κ2) is 5.90. The molecule has 18 heavy (non-hydrogen) atoms. The molecule has 0 aliphatic heterocycles. The van der Waals surface area contributed by atoms with Crippen molar-refractivity contribution in [3.63, 3.8) is 0 Å². The van der Waals surface area contributed by atoms with Crippen LogP contribution in [0.4, 0.5) is 17.5 Å². The van der Waals surface area contributed by atoms with Gasteiger partial charge < -0.3 is 5.32 Å². The van der Waals surface area contributed by atoms with E-state index in [-0.39, 0.29) is 0 Å². The van der Waals surface area contributed by atoms with Crippen molar-refractivity contribution in [2.75, 3.05) is 17.0 Å². The Hall–Kier alpha value is -1.50. The predicted molar refractivity (Wildman–Crippen MR) is 76.4 cm³/mol. The quantitative estimate of drug-likeness (QED) is 0.454. The fourth-order valence-corrected chi connectivity index (χ4v) is 1.88. The van der Waals surface area contributed by atoms with Gasteiger partial charge in [0.1, 0.15) is 5.02 Å². The van der Waals surface area contributed by atoms with E-state index in [0.717, 1.165) is 5.69 Å². The van der Waals surface area contributed by atoms with E-state index in [0.29, 0.717) is 16.8 Å². The number of hydrogen-bond donors (Lipinski definition) is 3. The molecule has 0 spiro atoms. The van der Waals surface area contributed by atoms with Crippen LogP contribution in [0.15, 0.2) is 35.4 Å². The van der Waals surface area contributed by atoms with Crippen LogP contribution >= 0.6 is 23.4 Å². The molecule has 4 N–H and O–H groups in total. The molecule has 7 heteroatoms. The van der Waals surface area contributed by atoms with Gasteiger partial charge in [-0.25, -0.2) is 10.8 Å². The van der Waals surface area contributed by atoms with Crippen LogP contribution in [-0.4, -0.2) is 16.2 Å². The van der Waals surface area contributed by atoms with Gasteiger partial charge in [0, 0.05) is 10.6 Å². The molecular formula is C11H12ClN5S. The van der Waals surface area contributed by atoms with E-state index in [9.17, 15) is 0 Å². The Morgan fingerprint density at radius 3 is 2.61 bits per heavy atom. The van der Waals surface area contributed by atoms with Crippen molar-refractivity contribution in [2.45, 2.75) is 4.90 Å². The van der Waals surface area contributed by atoms with Crippen molar-refractivity contribution < 1.29 is 0 Å². The summed E-state index contributed by atoms with van der Waals surface area (Å²) in [7, 11) is 0. The van der Waals surface area contributed by atoms with Crippen LogP contribution in [0.25, 0.3) is 0 Å². The van der Waals surface area contributed by atoms with Crippen LogP contribution in [0.5, 0.6) is 0 Å². The second-order valence-corrected chi connectivity index (χ2v) is 4.67. The first-order valence-electron chi connectivity index (χ1n) is 5.13. The maximum Gasteiger partial charge on any atom is 0.239 e. The lowest BCUT2D eigenvalue weighted by Gasteiger charge is -2.08. The fourth-order valence-electron chi connectivity index (χ4n) is 1.34. The van der Waals surface area contributed by atoms with Crippen LogP contribution in [0.1, 0.15) is 0 Å². The van der Waals surface area contributed by atoms with Crippen LogP contribution in [0, 0.1) is 0 Å². The maximum atomic E-state index is 6.00. The van der Waals surface area contributed by atoms with Crippen molar-refractivity contribution in [1.29, 1.82) is 0 Å². The van der Waals surface area contributed by atoms with Crippen LogP contribution < -0.4 is 16.6 Å². The Kier molecular flexibility index (Phi) is 4.24. The van der Waals surface area contributed by atoms with E-state index in [1.165, 1.54) is 11.1 Å². The summed E-state index contributed by atoms with van der Waals surface area (Å²) >= 11 is 7.69. The summed E-state index contributed by atoms with van der Waals surface area (Å²) in [4.78, 5) is 9.23. The Labute approximate surface area is 114 Å². The molecule has 0 aliphatic carbocycles. The van der Waals surface area contributed by atoms with Gasteiger partial charge in [0.25, 0.3) is 0 Å². The average molecular weight is 282 g/mol. The van der Waals surface area contributed by atoms with Gasteiger partial charge in [0.15, 0.2) is 5.82 Å². The highest BCUT2D eigenvalue weighted by molar-refractivity contribution is 7.98. The van der Waals surface area contributed by atoms with Crippen LogP contribution in [-0.2, 0) is 0 Å². The van der Waals surface area contributed by atoms with Gasteiger partial charge >= 0.3 is 0 Å². The Bertz CT molecular complexity index is 531. The summed E-state index contributed by atoms with van der Waals surface area (Å²) in [6, 6.07) is 7.95. The molecule has 0 fully saturated rings. The number of benzene rings is 1. The van der Waals surface area contributed by atoms with E-state index in [1.54, 1.807) is 11.8 Å². The number of hydrazine groups is 1. The molecule has 0 unspecified atom stereocenters. The second-order valence-electron chi connectivity index (χ2n) is 3.39. The van der Waals surface area contributed by atoms with Crippen molar-refractivity contribution >= 4 is 40.8 Å². The molecule has 5 nitrogen and oxygen atoms in total. The van der Waals surface area contributed by atoms with Crippen LogP contribution in [0.2, 0.25) is 5.02 Å². The van der Waals surface area contributed by atoms with E-state index in [1.807, 2.05) is 30.5 Å². The summed E-state index contributed by atoms with van der Waals surface area (Å²) in [5, 5.41) is 3.54. The van der Waals surface area contributed by atoms with Gasteiger partial charge in [0.2, 0.25) is 5.95 Å². The predicted octanol–water partition coefficient (Wildman–Crippen LogP) is 2.88. The number of thioether (sulfide) groups is 1. The van der Waals surface area contributed by atoms with Gasteiger partial charge in [0.05, 0.1) is 6.20 Å². The van der Waals surface area contributed by atoms with E-state index in [4.69, 9.17) is 17.4 Å². The maximum absolute atomic E-state index is 6.00. The first-order valence-corrected chi connectivity index (χ1v) is 6.73. The molecule has 0 bridgehead atoms. The molecule has 0 aliphatic rings. The lowest BCUT2D eigenvalue weighted by atomic mass is 10.3. The van der Waals surface area contributed by atoms with Gasteiger partial charge in [-0.3, -0.25) is 5.43 Å². The number of nitrogens with zero attached hydrogens (tertiary/aromatic N) is 2. The summed E-state index contributed by atoms with van der Waals surface area (Å²) in [6.07, 6.45) is 3.52. The summed E-state index contributed by atoms with van der Waals surface area (Å²) < 4.78 is 0. The average Bonchev–Trinajstić information content (AvgIpc) is 2.42. The van der Waals surface area contributed by atoms with E-state index >= 15 is 0 Å². The van der Waals surface area contributed by atoms with E-state index in [2.05, 4.69) is 20.7 Å². The van der Waals surface area contributed by atoms with Gasteiger partial charge in [-0.1, -0.05) is 11.6 Å². The lowest BCUT2D eigenvalue weighted by Crippen LogP contribution is -2.11. The zero-order valence-corrected chi connectivity index (χ0v) is 11.2. The molecule has 1 heterocycles. The molecule has 1 aromatic heterocycles. The summed E-state index contributed by atoms with van der Waals surface area (Å²) in [5.41, 5.74) is 3.27. The molecule has 0 atom stereocenters. The monoisotopic (exact) mass is 281 g/mol. The largest absolute Gasteiger partial charge is 0.339 e. The van der Waals surface area contributed by atoms with Crippen LogP contribution in [0.3, 0.4) is 0 Å². The lowest BCUT2D eigenvalue weighted by molar-refractivity contribution is 1.12. The smallest absolute Gasteiger partial charge is 0.239 e. The minimum Gasteiger partial charge on any atom is -0.339 e. The third-order valence-corrected chi connectivity index (χ3v) is 3.25. The molecular weight excluding hydrogens is 270 g/mol. The number of nitrogens with one attached hydrogen (secondary N) is 2. The fraction of sp³-hybridized carbons (Fsp3) is 0.0909. The highest BCUT2D eigenvalue weighted by Crippen LogP contribution is 2.24. The topological polar surface area (TPSA) is 75.9 Å². The standard InChI is InChI=1S/C11H12ClN5S/c1-18-8-4-2-7(3-5-8)15-10-9(12)6-14-11(16-10)17-13/h2-6H,13H2,1H3,(H2,14,15,16,17). The van der Waals surface area contributed by atoms with E-state index < -0.39 is 0 Å². The number of halogens is 1. The normalized spacial score (nSPS) is 10.2. The van der Waals surface area contributed by atoms with Crippen molar-refractivity contribution in [1.82, 2.24) is 9.97 Å². The van der Waals surface area contributed by atoms with Crippen molar-refractivity contribution in [3.05, 3.63) is 35.5 Å². The number of hydrogen-bond acceptors (Lipinski definition) is 6. The minimum absolute atomic E-state index is 0.308. The molecule has 0 radical (unpaired) electrons. The Balaban J connectivity index is 2.21. The van der Waals surface area contributed by atoms with Crippen molar-refractivity contribution in [2.24, 2.45) is 5.84 Å². The summed E-state index contributed by atoms with van der Waals surface area (Å²) in [6.45, 7) is 0. The molecule has 0 saturated heterocycles. The zero-order valence-electron chi connectivity index (χ0n) is 9.64.